The van der Waals surface area contributed by atoms with Gasteiger partial charge < -0.3 is 15.4 Å². The van der Waals surface area contributed by atoms with Crippen LogP contribution in [0.5, 0.6) is 0 Å². The SMILES string of the molecule is CC(O)CN(C)[O-]. The van der Waals surface area contributed by atoms with Crippen molar-refractivity contribution in [2.45, 2.75) is 13.0 Å². The minimum atomic E-state index is -0.512. The summed E-state index contributed by atoms with van der Waals surface area (Å²) in [6.45, 7) is 1.77. The number of hydrogen-bond acceptors (Lipinski definition) is 3. The Labute approximate surface area is 43.1 Å². The van der Waals surface area contributed by atoms with Crippen LogP contribution in [0.15, 0.2) is 0 Å². The average Bonchev–Trinajstić information content (AvgIpc) is 1.27. The van der Waals surface area contributed by atoms with Crippen LogP contribution in [0.2, 0.25) is 0 Å². The Morgan fingerprint density at radius 2 is 2.29 bits per heavy atom. The van der Waals surface area contributed by atoms with E-state index in [9.17, 15) is 5.21 Å². The smallest absolute Gasteiger partial charge is 0.0629 e. The lowest BCUT2D eigenvalue weighted by Crippen LogP contribution is -2.21. The van der Waals surface area contributed by atoms with Gasteiger partial charge in [0.2, 0.25) is 0 Å². The van der Waals surface area contributed by atoms with E-state index in [1.54, 1.807) is 6.92 Å². The highest BCUT2D eigenvalue weighted by Crippen LogP contribution is 1.81. The zero-order valence-corrected chi connectivity index (χ0v) is 4.59. The van der Waals surface area contributed by atoms with Gasteiger partial charge in [-0.25, -0.2) is 0 Å². The molecular weight excluding hydrogens is 94.0 g/mol. The highest BCUT2D eigenvalue weighted by atomic mass is 16.5. The second-order valence-corrected chi connectivity index (χ2v) is 1.66. The lowest BCUT2D eigenvalue weighted by Gasteiger charge is -2.22. The van der Waals surface area contributed by atoms with Gasteiger partial charge in [-0.2, -0.15) is 0 Å². The van der Waals surface area contributed by atoms with Crippen LogP contribution in [0, 0.1) is 5.21 Å². The molecule has 0 saturated carbocycles. The molecular formula is C4H10NO2-. The third kappa shape index (κ3) is 5.88. The molecule has 0 heterocycles. The Hall–Kier alpha value is -0.120. The van der Waals surface area contributed by atoms with E-state index in [2.05, 4.69) is 0 Å². The first-order valence-corrected chi connectivity index (χ1v) is 2.19. The lowest BCUT2D eigenvalue weighted by atomic mass is 10.4. The van der Waals surface area contributed by atoms with Crippen molar-refractivity contribution >= 4 is 0 Å². The maximum atomic E-state index is 10.0. The molecule has 0 amide bonds. The van der Waals surface area contributed by atoms with Crippen LogP contribution < -0.4 is 0 Å². The lowest BCUT2D eigenvalue weighted by molar-refractivity contribution is 0.161. The first-order valence-electron chi connectivity index (χ1n) is 2.19. The molecule has 0 aromatic heterocycles. The topological polar surface area (TPSA) is 46.5 Å². The van der Waals surface area contributed by atoms with Crippen LogP contribution >= 0.6 is 0 Å². The van der Waals surface area contributed by atoms with Crippen LogP contribution in [0.25, 0.3) is 0 Å². The number of rotatable bonds is 2. The molecule has 0 aliphatic heterocycles. The Morgan fingerprint density at radius 3 is 2.29 bits per heavy atom. The van der Waals surface area contributed by atoms with E-state index in [0.717, 1.165) is 0 Å². The first kappa shape index (κ1) is 6.88. The van der Waals surface area contributed by atoms with Gasteiger partial charge in [-0.05, 0) is 14.0 Å². The van der Waals surface area contributed by atoms with Crippen molar-refractivity contribution in [3.05, 3.63) is 5.21 Å². The summed E-state index contributed by atoms with van der Waals surface area (Å²) in [5.41, 5.74) is 0. The molecule has 0 radical (unpaired) electrons. The Balaban J connectivity index is 2.95. The van der Waals surface area contributed by atoms with Crippen molar-refractivity contribution in [3.63, 3.8) is 0 Å². The predicted octanol–water partition coefficient (Wildman–Crippen LogP) is -0.203. The largest absolute Gasteiger partial charge is 0.785 e. The molecule has 0 rings (SSSR count). The standard InChI is InChI=1S/C4H10NO2/c1-4(6)3-5(2)7/h4,6H,3H2,1-2H3/q-1. The fraction of sp³-hybridized carbons (Fsp3) is 1.00. The van der Waals surface area contributed by atoms with E-state index in [1.807, 2.05) is 0 Å². The fourth-order valence-electron chi connectivity index (χ4n) is 0.372. The minimum Gasteiger partial charge on any atom is -0.785 e. The molecule has 44 valence electrons. The van der Waals surface area contributed by atoms with Gasteiger partial charge in [0.15, 0.2) is 0 Å². The van der Waals surface area contributed by atoms with Crippen molar-refractivity contribution in [1.29, 1.82) is 0 Å². The molecule has 0 fully saturated rings. The zero-order valence-electron chi connectivity index (χ0n) is 4.59. The first-order chi connectivity index (χ1) is 3.13. The van der Waals surface area contributed by atoms with Crippen molar-refractivity contribution < 1.29 is 5.11 Å². The molecule has 3 nitrogen and oxygen atoms in total. The molecule has 3 heteroatoms. The second-order valence-electron chi connectivity index (χ2n) is 1.66. The third-order valence-electron chi connectivity index (χ3n) is 0.521. The van der Waals surface area contributed by atoms with E-state index in [0.29, 0.717) is 5.06 Å². The summed E-state index contributed by atoms with van der Waals surface area (Å²) in [5, 5.41) is 19.2. The highest BCUT2D eigenvalue weighted by molar-refractivity contribution is 4.53. The number of aliphatic hydroxyl groups is 1. The summed E-state index contributed by atoms with van der Waals surface area (Å²) < 4.78 is 0. The molecule has 0 bridgehead atoms. The van der Waals surface area contributed by atoms with Gasteiger partial charge in [0, 0.05) is 6.54 Å². The maximum absolute atomic E-state index is 10.0. The van der Waals surface area contributed by atoms with Crippen LogP contribution in [-0.2, 0) is 0 Å². The maximum Gasteiger partial charge on any atom is 0.0629 e. The molecule has 0 saturated heterocycles. The van der Waals surface area contributed by atoms with Crippen LogP contribution in [0.1, 0.15) is 6.92 Å². The summed E-state index contributed by atoms with van der Waals surface area (Å²) in [7, 11) is 1.38. The number of nitrogens with zero attached hydrogens (tertiary/aromatic N) is 1. The number of hydroxylamine groups is 2. The monoisotopic (exact) mass is 104 g/mol. The van der Waals surface area contributed by atoms with Crippen molar-refractivity contribution in [2.75, 3.05) is 13.6 Å². The van der Waals surface area contributed by atoms with Gasteiger partial charge in [-0.3, -0.25) is 0 Å². The molecule has 1 atom stereocenters. The van der Waals surface area contributed by atoms with Gasteiger partial charge in [-0.1, -0.05) is 0 Å². The summed E-state index contributed by atoms with van der Waals surface area (Å²) in [6, 6.07) is 0. The van der Waals surface area contributed by atoms with Gasteiger partial charge in [0.1, 0.15) is 0 Å². The normalized spacial score (nSPS) is 15.0. The molecule has 1 unspecified atom stereocenters. The van der Waals surface area contributed by atoms with E-state index in [1.165, 1.54) is 7.05 Å². The van der Waals surface area contributed by atoms with Gasteiger partial charge >= 0.3 is 0 Å². The zero-order chi connectivity index (χ0) is 5.86. The molecule has 1 N–H and O–H groups in total. The van der Waals surface area contributed by atoms with Crippen molar-refractivity contribution in [2.24, 2.45) is 0 Å². The van der Waals surface area contributed by atoms with Crippen LogP contribution in [0.4, 0.5) is 0 Å². The van der Waals surface area contributed by atoms with Crippen molar-refractivity contribution in [1.82, 2.24) is 5.06 Å². The van der Waals surface area contributed by atoms with E-state index < -0.39 is 6.10 Å². The van der Waals surface area contributed by atoms with Gasteiger partial charge in [0.25, 0.3) is 0 Å². The number of likely N-dealkylation sites (N-methyl/N-ethyl adjacent to an activating group) is 1. The van der Waals surface area contributed by atoms with Crippen LogP contribution in [0.3, 0.4) is 0 Å². The van der Waals surface area contributed by atoms with Gasteiger partial charge in [-0.15, -0.1) is 0 Å². The Morgan fingerprint density at radius 1 is 1.86 bits per heavy atom. The van der Waals surface area contributed by atoms with E-state index in [4.69, 9.17) is 5.11 Å². The molecule has 0 aromatic carbocycles. The Bertz CT molecular complexity index is 39.0. The molecule has 0 aliphatic carbocycles. The summed E-state index contributed by atoms with van der Waals surface area (Å²) in [5.74, 6) is 0. The average molecular weight is 104 g/mol. The summed E-state index contributed by atoms with van der Waals surface area (Å²) in [6.07, 6.45) is -0.512. The molecule has 7 heavy (non-hydrogen) atoms. The Kier molecular flexibility index (Phi) is 2.91. The van der Waals surface area contributed by atoms with Crippen LogP contribution in [-0.4, -0.2) is 29.9 Å². The third-order valence-corrected chi connectivity index (χ3v) is 0.521. The summed E-state index contributed by atoms with van der Waals surface area (Å²) in [4.78, 5) is 0. The highest BCUT2D eigenvalue weighted by Gasteiger charge is 1.89. The fourth-order valence-corrected chi connectivity index (χ4v) is 0.372. The molecule has 0 aromatic rings. The second kappa shape index (κ2) is 2.96. The predicted molar refractivity (Wildman–Crippen MR) is 27.7 cm³/mol. The molecule has 0 spiro atoms. The number of hydrogen-bond donors (Lipinski definition) is 1. The molecule has 0 aliphatic rings. The van der Waals surface area contributed by atoms with Gasteiger partial charge in [0.05, 0.1) is 6.10 Å². The van der Waals surface area contributed by atoms with E-state index in [-0.39, 0.29) is 6.54 Å². The minimum absolute atomic E-state index is 0.194. The van der Waals surface area contributed by atoms with E-state index >= 15 is 0 Å². The number of aliphatic hydroxyl groups excluding tert-OH is 1. The quantitative estimate of drug-likeness (QED) is 0.493. The van der Waals surface area contributed by atoms with Crippen molar-refractivity contribution in [3.8, 4) is 0 Å². The summed E-state index contributed by atoms with van der Waals surface area (Å²) >= 11 is 0.